The van der Waals surface area contributed by atoms with Gasteiger partial charge in [0.25, 0.3) is 0 Å². The Morgan fingerprint density at radius 2 is 2.16 bits per heavy atom. The van der Waals surface area contributed by atoms with Crippen LogP contribution >= 0.6 is 11.8 Å². The quantitative estimate of drug-likeness (QED) is 0.585. The van der Waals surface area contributed by atoms with E-state index in [0.717, 1.165) is 18.6 Å². The molecule has 4 nitrogen and oxygen atoms in total. The molecule has 1 saturated heterocycles. The second kappa shape index (κ2) is 4.01. The molecule has 102 valence electrons. The van der Waals surface area contributed by atoms with Crippen molar-refractivity contribution in [2.45, 2.75) is 24.5 Å². The maximum Gasteiger partial charge on any atom is 0.310 e. The third-order valence-corrected chi connectivity index (χ3v) is 6.57. The molecule has 5 heteroatoms. The van der Waals surface area contributed by atoms with Gasteiger partial charge in [-0.25, -0.2) is 0 Å². The van der Waals surface area contributed by atoms with Gasteiger partial charge in [0.1, 0.15) is 0 Å². The zero-order chi connectivity index (χ0) is 13.1. The van der Waals surface area contributed by atoms with Crippen molar-refractivity contribution in [3.05, 3.63) is 11.1 Å². The fourth-order valence-electron chi connectivity index (χ4n) is 4.49. The summed E-state index contributed by atoms with van der Waals surface area (Å²) in [4.78, 5) is 23.7. The zero-order valence-corrected chi connectivity index (χ0v) is 11.3. The highest BCUT2D eigenvalue weighted by Gasteiger charge is 2.57. The third kappa shape index (κ3) is 1.48. The molecular formula is C14H16O4S. The van der Waals surface area contributed by atoms with Crippen LogP contribution in [0.15, 0.2) is 11.1 Å². The van der Waals surface area contributed by atoms with Gasteiger partial charge in [0.05, 0.1) is 18.4 Å². The largest absolute Gasteiger partial charge is 0.481 e. The molecule has 0 amide bonds. The van der Waals surface area contributed by atoms with E-state index in [0.29, 0.717) is 11.9 Å². The van der Waals surface area contributed by atoms with Crippen LogP contribution in [0.5, 0.6) is 0 Å². The lowest BCUT2D eigenvalue weighted by atomic mass is 9.61. The second-order valence-electron chi connectivity index (χ2n) is 5.94. The molecule has 2 aliphatic heterocycles. The van der Waals surface area contributed by atoms with Crippen LogP contribution < -0.4 is 0 Å². The first-order valence-corrected chi connectivity index (χ1v) is 7.97. The van der Waals surface area contributed by atoms with Gasteiger partial charge in [0.2, 0.25) is 0 Å². The number of carbonyl (C=O) groups is 2. The van der Waals surface area contributed by atoms with E-state index in [1.807, 2.05) is 11.8 Å². The van der Waals surface area contributed by atoms with Crippen molar-refractivity contribution < 1.29 is 19.4 Å². The number of aliphatic carboxylic acids is 1. The molecule has 0 aromatic carbocycles. The Morgan fingerprint density at radius 1 is 1.32 bits per heavy atom. The Kier molecular flexibility index (Phi) is 2.50. The first kappa shape index (κ1) is 11.8. The molecule has 0 aromatic heterocycles. The number of hydrogen-bond acceptors (Lipinski definition) is 4. The highest BCUT2D eigenvalue weighted by atomic mass is 32.2. The Morgan fingerprint density at radius 3 is 2.95 bits per heavy atom. The lowest BCUT2D eigenvalue weighted by molar-refractivity contribution is -0.154. The molecule has 0 aromatic rings. The van der Waals surface area contributed by atoms with E-state index >= 15 is 0 Å². The highest BCUT2D eigenvalue weighted by molar-refractivity contribution is 8.00. The smallest absolute Gasteiger partial charge is 0.310 e. The van der Waals surface area contributed by atoms with Crippen LogP contribution in [0.3, 0.4) is 0 Å². The number of fused-ring (bicyclic) bond motifs is 2. The highest BCUT2D eigenvalue weighted by Crippen LogP contribution is 2.57. The fourth-order valence-corrected chi connectivity index (χ4v) is 6.09. The van der Waals surface area contributed by atoms with Crippen LogP contribution in [-0.4, -0.2) is 34.7 Å². The first-order valence-electron chi connectivity index (χ1n) is 6.92. The topological polar surface area (TPSA) is 63.6 Å². The van der Waals surface area contributed by atoms with Gasteiger partial charge in [-0.05, 0) is 18.8 Å². The van der Waals surface area contributed by atoms with Crippen molar-refractivity contribution >= 4 is 23.7 Å². The predicted octanol–water partition coefficient (Wildman–Crippen LogP) is 1.70. The van der Waals surface area contributed by atoms with E-state index in [1.54, 1.807) is 0 Å². The van der Waals surface area contributed by atoms with Gasteiger partial charge < -0.3 is 9.84 Å². The number of ether oxygens (including phenoxy) is 1. The predicted molar refractivity (Wildman–Crippen MR) is 69.7 cm³/mol. The van der Waals surface area contributed by atoms with E-state index in [1.165, 1.54) is 17.6 Å². The molecule has 2 aliphatic carbocycles. The molecule has 0 spiro atoms. The maximum atomic E-state index is 12.0. The summed E-state index contributed by atoms with van der Waals surface area (Å²) in [5.41, 5.74) is 2.73. The molecule has 2 fully saturated rings. The SMILES string of the molecule is O=C(O)[C@@H]1[C@@H]2C(=O)OC[C@@H]2C2=C3[C@H](CCC[C@@H]31)SC2. The summed E-state index contributed by atoms with van der Waals surface area (Å²) in [6, 6.07) is 0. The third-order valence-electron chi connectivity index (χ3n) is 5.20. The number of carboxylic acids is 1. The molecule has 1 N–H and O–H groups in total. The number of rotatable bonds is 1. The Labute approximate surface area is 115 Å². The summed E-state index contributed by atoms with van der Waals surface area (Å²) < 4.78 is 5.19. The molecule has 5 atom stereocenters. The minimum atomic E-state index is -0.817. The number of carbonyl (C=O) groups excluding carboxylic acids is 1. The van der Waals surface area contributed by atoms with Gasteiger partial charge in [-0.3, -0.25) is 9.59 Å². The molecule has 0 radical (unpaired) electrons. The number of esters is 1. The molecule has 0 unspecified atom stereocenters. The van der Waals surface area contributed by atoms with Crippen molar-refractivity contribution in [1.82, 2.24) is 0 Å². The summed E-state index contributed by atoms with van der Waals surface area (Å²) in [5, 5.41) is 10.1. The normalized spacial score (nSPS) is 43.8. The van der Waals surface area contributed by atoms with E-state index in [9.17, 15) is 14.7 Å². The second-order valence-corrected chi connectivity index (χ2v) is 7.14. The Hall–Kier alpha value is -0.970. The fraction of sp³-hybridized carbons (Fsp3) is 0.714. The van der Waals surface area contributed by atoms with Crippen molar-refractivity contribution in [1.29, 1.82) is 0 Å². The summed E-state index contributed by atoms with van der Waals surface area (Å²) in [6.45, 7) is 0.395. The lowest BCUT2D eigenvalue weighted by Crippen LogP contribution is -2.44. The molecule has 1 saturated carbocycles. The van der Waals surface area contributed by atoms with Crippen LogP contribution in [0.2, 0.25) is 0 Å². The molecule has 19 heavy (non-hydrogen) atoms. The van der Waals surface area contributed by atoms with Gasteiger partial charge in [0.15, 0.2) is 0 Å². The molecule has 0 bridgehead atoms. The van der Waals surface area contributed by atoms with Crippen LogP contribution in [0, 0.1) is 23.7 Å². The van der Waals surface area contributed by atoms with Gasteiger partial charge >= 0.3 is 11.9 Å². The summed E-state index contributed by atoms with van der Waals surface area (Å²) in [5.74, 6) is -1.01. The van der Waals surface area contributed by atoms with Gasteiger partial charge in [-0.1, -0.05) is 17.6 Å². The minimum Gasteiger partial charge on any atom is -0.481 e. The van der Waals surface area contributed by atoms with Crippen LogP contribution in [0.4, 0.5) is 0 Å². The van der Waals surface area contributed by atoms with Crippen molar-refractivity contribution in [3.63, 3.8) is 0 Å². The van der Waals surface area contributed by atoms with Gasteiger partial charge in [-0.2, -0.15) is 0 Å². The molecule has 4 aliphatic rings. The minimum absolute atomic E-state index is 0.0375. The van der Waals surface area contributed by atoms with Crippen LogP contribution in [0.1, 0.15) is 19.3 Å². The number of carboxylic acid groups (broad SMARTS) is 1. The van der Waals surface area contributed by atoms with E-state index in [4.69, 9.17) is 4.74 Å². The molecular weight excluding hydrogens is 264 g/mol. The van der Waals surface area contributed by atoms with Crippen molar-refractivity contribution in [2.75, 3.05) is 12.4 Å². The molecule has 4 rings (SSSR count). The first-order chi connectivity index (χ1) is 9.18. The van der Waals surface area contributed by atoms with Crippen molar-refractivity contribution in [3.8, 4) is 0 Å². The Balaban J connectivity index is 1.85. The zero-order valence-electron chi connectivity index (χ0n) is 10.5. The van der Waals surface area contributed by atoms with E-state index in [2.05, 4.69) is 0 Å². The number of cyclic esters (lactones) is 1. The Bertz CT molecular complexity index is 498. The average Bonchev–Trinajstić information content (AvgIpc) is 2.96. The average molecular weight is 280 g/mol. The maximum absolute atomic E-state index is 12.0. The van der Waals surface area contributed by atoms with Crippen molar-refractivity contribution in [2.24, 2.45) is 23.7 Å². The number of hydrogen-bond donors (Lipinski definition) is 1. The van der Waals surface area contributed by atoms with Gasteiger partial charge in [0, 0.05) is 16.9 Å². The number of thioether (sulfide) groups is 1. The van der Waals surface area contributed by atoms with Crippen LogP contribution in [0.25, 0.3) is 0 Å². The monoisotopic (exact) mass is 280 g/mol. The summed E-state index contributed by atoms with van der Waals surface area (Å²) in [7, 11) is 0. The van der Waals surface area contributed by atoms with Gasteiger partial charge in [-0.15, -0.1) is 11.8 Å². The summed E-state index contributed by atoms with van der Waals surface area (Å²) >= 11 is 1.93. The lowest BCUT2D eigenvalue weighted by Gasteiger charge is -2.40. The van der Waals surface area contributed by atoms with Crippen LogP contribution in [-0.2, 0) is 14.3 Å². The molecule has 2 heterocycles. The standard InChI is InChI=1S/C14H16O4S/c15-13(16)11-6-2-1-3-9-10(6)8(5-19-9)7-4-18-14(17)12(7)11/h6-7,9,11-12H,1-5H2,(H,15,16)/t6-,7+,9-,11-,12+/m0/s1. The van der Waals surface area contributed by atoms with E-state index < -0.39 is 17.8 Å². The van der Waals surface area contributed by atoms with E-state index in [-0.39, 0.29) is 17.8 Å². The summed E-state index contributed by atoms with van der Waals surface area (Å²) in [6.07, 6.45) is 3.16.